The van der Waals surface area contributed by atoms with Crippen LogP contribution in [0, 0.1) is 5.92 Å². The Balaban J connectivity index is 2.32. The van der Waals surface area contributed by atoms with Crippen molar-refractivity contribution in [1.29, 1.82) is 0 Å². The third-order valence-electron chi connectivity index (χ3n) is 3.91. The molecule has 24 heavy (non-hydrogen) atoms. The molecule has 1 aliphatic rings. The number of nitrogens with zero attached hydrogens (tertiary/aromatic N) is 1. The molecule has 1 aromatic rings. The number of nitrogens with one attached hydrogen (secondary N) is 2. The summed E-state index contributed by atoms with van der Waals surface area (Å²) in [4.78, 5) is 38.4. The molecule has 1 saturated heterocycles. The van der Waals surface area contributed by atoms with E-state index in [2.05, 4.69) is 10.6 Å². The van der Waals surface area contributed by atoms with Gasteiger partial charge in [-0.3, -0.25) is 14.5 Å². The standard InChI is InChI=1S/C18H25N3O3/c1-12(2)10-18(14-8-6-5-7-9-14)16(23)21(17(24)20-18)11-15(22)19-13(3)4/h5-9,12-13H,10-11H2,1-4H3,(H,19,22)(H,20,24)/t18-/m1/s1. The second-order valence-electron chi connectivity index (χ2n) is 6.91. The monoisotopic (exact) mass is 331 g/mol. The zero-order valence-electron chi connectivity index (χ0n) is 14.6. The fourth-order valence-electron chi connectivity index (χ4n) is 3.07. The maximum absolute atomic E-state index is 13.1. The van der Waals surface area contributed by atoms with Gasteiger partial charge in [-0.25, -0.2) is 4.79 Å². The van der Waals surface area contributed by atoms with Gasteiger partial charge >= 0.3 is 6.03 Å². The van der Waals surface area contributed by atoms with Crippen molar-refractivity contribution in [2.75, 3.05) is 6.54 Å². The van der Waals surface area contributed by atoms with Gasteiger partial charge in [0.05, 0.1) is 0 Å². The summed E-state index contributed by atoms with van der Waals surface area (Å²) < 4.78 is 0. The summed E-state index contributed by atoms with van der Waals surface area (Å²) in [6.07, 6.45) is 0.476. The predicted molar refractivity (Wildman–Crippen MR) is 91.1 cm³/mol. The first-order valence-corrected chi connectivity index (χ1v) is 8.25. The van der Waals surface area contributed by atoms with Crippen molar-refractivity contribution < 1.29 is 14.4 Å². The summed E-state index contributed by atoms with van der Waals surface area (Å²) in [6.45, 7) is 7.39. The highest BCUT2D eigenvalue weighted by Crippen LogP contribution is 2.35. The van der Waals surface area contributed by atoms with E-state index in [1.807, 2.05) is 58.0 Å². The van der Waals surface area contributed by atoms with Crippen LogP contribution in [0.2, 0.25) is 0 Å². The second kappa shape index (κ2) is 7.03. The maximum atomic E-state index is 13.1. The van der Waals surface area contributed by atoms with E-state index < -0.39 is 11.6 Å². The van der Waals surface area contributed by atoms with Crippen LogP contribution in [0.5, 0.6) is 0 Å². The van der Waals surface area contributed by atoms with E-state index in [1.165, 1.54) is 0 Å². The van der Waals surface area contributed by atoms with Crippen LogP contribution in [0.25, 0.3) is 0 Å². The van der Waals surface area contributed by atoms with E-state index in [-0.39, 0.29) is 30.3 Å². The van der Waals surface area contributed by atoms with Gasteiger partial charge in [0.25, 0.3) is 5.91 Å². The van der Waals surface area contributed by atoms with Crippen LogP contribution < -0.4 is 10.6 Å². The lowest BCUT2D eigenvalue weighted by molar-refractivity contribution is -0.135. The number of urea groups is 1. The lowest BCUT2D eigenvalue weighted by Gasteiger charge is -2.29. The first-order chi connectivity index (χ1) is 11.3. The van der Waals surface area contributed by atoms with Crippen LogP contribution in [0.15, 0.2) is 30.3 Å². The third kappa shape index (κ3) is 3.58. The smallest absolute Gasteiger partial charge is 0.325 e. The van der Waals surface area contributed by atoms with Gasteiger partial charge in [-0.1, -0.05) is 44.2 Å². The Labute approximate surface area is 142 Å². The van der Waals surface area contributed by atoms with E-state index in [0.29, 0.717) is 6.42 Å². The van der Waals surface area contributed by atoms with E-state index in [0.717, 1.165) is 10.5 Å². The van der Waals surface area contributed by atoms with Crippen molar-refractivity contribution in [3.05, 3.63) is 35.9 Å². The number of rotatable bonds is 6. The number of hydrogen-bond donors (Lipinski definition) is 2. The van der Waals surface area contributed by atoms with E-state index in [9.17, 15) is 14.4 Å². The first-order valence-electron chi connectivity index (χ1n) is 8.25. The SMILES string of the molecule is CC(C)C[C@]1(c2ccccc2)NC(=O)N(CC(=O)NC(C)C)C1=O. The average molecular weight is 331 g/mol. The number of hydrogen-bond acceptors (Lipinski definition) is 3. The highest BCUT2D eigenvalue weighted by Gasteiger charge is 2.52. The topological polar surface area (TPSA) is 78.5 Å². The average Bonchev–Trinajstić information content (AvgIpc) is 2.72. The van der Waals surface area contributed by atoms with Crippen molar-refractivity contribution >= 4 is 17.8 Å². The van der Waals surface area contributed by atoms with Gasteiger partial charge in [0, 0.05) is 6.04 Å². The van der Waals surface area contributed by atoms with Gasteiger partial charge in [0.15, 0.2) is 0 Å². The zero-order chi connectivity index (χ0) is 17.9. The second-order valence-corrected chi connectivity index (χ2v) is 6.91. The molecule has 0 aliphatic carbocycles. The molecule has 2 rings (SSSR count). The maximum Gasteiger partial charge on any atom is 0.325 e. The minimum atomic E-state index is -1.11. The Bertz CT molecular complexity index is 628. The van der Waals surface area contributed by atoms with Crippen LogP contribution in [0.1, 0.15) is 39.7 Å². The molecule has 130 valence electrons. The number of carbonyl (C=O) groups excluding carboxylic acids is 3. The molecule has 0 radical (unpaired) electrons. The van der Waals surface area contributed by atoms with Gasteiger partial charge in [-0.15, -0.1) is 0 Å². The molecular formula is C18H25N3O3. The summed E-state index contributed by atoms with van der Waals surface area (Å²) >= 11 is 0. The minimum absolute atomic E-state index is 0.0483. The summed E-state index contributed by atoms with van der Waals surface area (Å²) in [5.41, 5.74) is -0.367. The lowest BCUT2D eigenvalue weighted by Crippen LogP contribution is -2.46. The van der Waals surface area contributed by atoms with Crippen molar-refractivity contribution in [3.8, 4) is 0 Å². The molecule has 1 aliphatic heterocycles. The highest BCUT2D eigenvalue weighted by molar-refractivity contribution is 6.09. The Morgan fingerprint density at radius 2 is 1.79 bits per heavy atom. The zero-order valence-corrected chi connectivity index (χ0v) is 14.6. The summed E-state index contributed by atoms with van der Waals surface area (Å²) in [5.74, 6) is -0.521. The molecule has 1 aromatic carbocycles. The van der Waals surface area contributed by atoms with Crippen LogP contribution in [-0.2, 0) is 15.1 Å². The quantitative estimate of drug-likeness (QED) is 0.783. The molecule has 6 heteroatoms. The Hall–Kier alpha value is -2.37. The molecule has 2 N–H and O–H groups in total. The third-order valence-corrected chi connectivity index (χ3v) is 3.91. The summed E-state index contributed by atoms with van der Waals surface area (Å²) in [7, 11) is 0. The fourth-order valence-corrected chi connectivity index (χ4v) is 3.07. The van der Waals surface area contributed by atoms with Crippen LogP contribution in [0.3, 0.4) is 0 Å². The van der Waals surface area contributed by atoms with E-state index >= 15 is 0 Å². The van der Waals surface area contributed by atoms with Crippen molar-refractivity contribution in [3.63, 3.8) is 0 Å². The lowest BCUT2D eigenvalue weighted by atomic mass is 9.82. The van der Waals surface area contributed by atoms with Crippen molar-refractivity contribution in [2.45, 2.75) is 45.7 Å². The Morgan fingerprint density at radius 3 is 2.33 bits per heavy atom. The molecule has 1 atom stereocenters. The van der Waals surface area contributed by atoms with E-state index in [1.54, 1.807) is 0 Å². The molecular weight excluding hydrogens is 306 g/mol. The Kier molecular flexibility index (Phi) is 5.26. The van der Waals surface area contributed by atoms with E-state index in [4.69, 9.17) is 0 Å². The van der Waals surface area contributed by atoms with Gasteiger partial charge in [0.1, 0.15) is 12.1 Å². The molecule has 1 fully saturated rings. The molecule has 4 amide bonds. The number of amides is 4. The van der Waals surface area contributed by atoms with Crippen LogP contribution in [0.4, 0.5) is 4.79 Å². The predicted octanol–water partition coefficient (Wildman–Crippen LogP) is 2.00. The number of benzene rings is 1. The normalized spacial score (nSPS) is 20.7. The van der Waals surface area contributed by atoms with Gasteiger partial charge in [0.2, 0.25) is 5.91 Å². The van der Waals surface area contributed by atoms with Crippen LogP contribution in [-0.4, -0.2) is 35.3 Å². The molecule has 0 bridgehead atoms. The van der Waals surface area contributed by atoms with Gasteiger partial charge in [-0.05, 0) is 31.7 Å². The van der Waals surface area contributed by atoms with Gasteiger partial charge < -0.3 is 10.6 Å². The molecule has 6 nitrogen and oxygen atoms in total. The van der Waals surface area contributed by atoms with Crippen molar-refractivity contribution in [2.24, 2.45) is 5.92 Å². The van der Waals surface area contributed by atoms with Crippen LogP contribution >= 0.6 is 0 Å². The largest absolute Gasteiger partial charge is 0.352 e. The minimum Gasteiger partial charge on any atom is -0.352 e. The van der Waals surface area contributed by atoms with Gasteiger partial charge in [-0.2, -0.15) is 0 Å². The molecule has 0 spiro atoms. The number of carbonyl (C=O) groups is 3. The fraction of sp³-hybridized carbons (Fsp3) is 0.500. The molecule has 1 heterocycles. The first kappa shape index (κ1) is 18.0. The number of imide groups is 1. The van der Waals surface area contributed by atoms with Crippen molar-refractivity contribution in [1.82, 2.24) is 15.5 Å². The summed E-state index contributed by atoms with van der Waals surface area (Å²) in [6, 6.07) is 8.63. The highest BCUT2D eigenvalue weighted by atomic mass is 16.2. The summed E-state index contributed by atoms with van der Waals surface area (Å²) in [5, 5.41) is 5.54. The molecule has 0 saturated carbocycles. The molecule has 0 aromatic heterocycles. The molecule has 0 unspecified atom stereocenters. The Morgan fingerprint density at radius 1 is 1.17 bits per heavy atom.